The molecule has 0 aliphatic carbocycles. The molecule has 0 aliphatic rings. The predicted molar refractivity (Wildman–Crippen MR) is 88.2 cm³/mol. The first-order chi connectivity index (χ1) is 11.0. The number of pyridine rings is 1. The number of aromatic nitrogens is 1. The Morgan fingerprint density at radius 3 is 2.39 bits per heavy atom. The van der Waals surface area contributed by atoms with Crippen LogP contribution in [0.15, 0.2) is 54.9 Å². The van der Waals surface area contributed by atoms with Crippen molar-refractivity contribution in [2.24, 2.45) is 5.41 Å². The van der Waals surface area contributed by atoms with E-state index in [1.165, 1.54) is 7.11 Å². The minimum atomic E-state index is -0.831. The average molecular weight is 311 g/mol. The first-order valence-electron chi connectivity index (χ1n) is 7.53. The van der Waals surface area contributed by atoms with Crippen LogP contribution in [0.4, 0.5) is 0 Å². The second-order valence-corrected chi connectivity index (χ2v) is 6.05. The number of carbonyl (C=O) groups is 2. The van der Waals surface area contributed by atoms with E-state index >= 15 is 0 Å². The summed E-state index contributed by atoms with van der Waals surface area (Å²) in [6.45, 7) is 3.60. The van der Waals surface area contributed by atoms with Crippen LogP contribution in [0.5, 0.6) is 0 Å². The van der Waals surface area contributed by atoms with Gasteiger partial charge in [0.05, 0.1) is 12.5 Å². The maximum Gasteiger partial charge on any atom is 0.311 e. The lowest BCUT2D eigenvalue weighted by atomic mass is 9.72. The molecule has 0 amide bonds. The zero-order valence-corrected chi connectivity index (χ0v) is 13.7. The number of benzene rings is 1. The topological polar surface area (TPSA) is 56.3 Å². The summed E-state index contributed by atoms with van der Waals surface area (Å²) >= 11 is 0. The second kappa shape index (κ2) is 7.18. The minimum Gasteiger partial charge on any atom is -0.469 e. The highest BCUT2D eigenvalue weighted by Gasteiger charge is 2.40. The van der Waals surface area contributed by atoms with Crippen molar-refractivity contribution in [3.8, 4) is 0 Å². The number of nitrogens with zero attached hydrogens (tertiary/aromatic N) is 1. The molecule has 0 radical (unpaired) electrons. The molecule has 2 aromatic rings. The Labute approximate surface area is 136 Å². The highest BCUT2D eigenvalue weighted by atomic mass is 16.5. The summed E-state index contributed by atoms with van der Waals surface area (Å²) in [4.78, 5) is 28.9. The molecule has 1 aromatic heterocycles. The molecule has 2 rings (SSSR count). The Kier molecular flexibility index (Phi) is 5.27. The Morgan fingerprint density at radius 1 is 1.13 bits per heavy atom. The predicted octanol–water partition coefficient (Wildman–Crippen LogP) is 3.64. The molecule has 1 aromatic carbocycles. The van der Waals surface area contributed by atoms with E-state index in [-0.39, 0.29) is 24.1 Å². The lowest BCUT2D eigenvalue weighted by molar-refractivity contribution is -0.152. The monoisotopic (exact) mass is 311 g/mol. The average Bonchev–Trinajstić information content (AvgIpc) is 2.60. The number of esters is 1. The van der Waals surface area contributed by atoms with Crippen LogP contribution in [-0.2, 0) is 9.53 Å². The maximum atomic E-state index is 12.6. The number of rotatable bonds is 6. The van der Waals surface area contributed by atoms with Gasteiger partial charge in [-0.15, -0.1) is 0 Å². The van der Waals surface area contributed by atoms with Crippen LogP contribution >= 0.6 is 0 Å². The Bertz CT molecular complexity index is 666. The largest absolute Gasteiger partial charge is 0.469 e. The lowest BCUT2D eigenvalue weighted by Crippen LogP contribution is -2.34. The third-order valence-electron chi connectivity index (χ3n) is 4.15. The van der Waals surface area contributed by atoms with Crippen molar-refractivity contribution in [2.45, 2.75) is 26.2 Å². The molecular weight excluding hydrogens is 290 g/mol. The van der Waals surface area contributed by atoms with E-state index in [2.05, 4.69) is 4.98 Å². The molecule has 0 fully saturated rings. The van der Waals surface area contributed by atoms with E-state index in [4.69, 9.17) is 4.74 Å². The van der Waals surface area contributed by atoms with Crippen LogP contribution in [0.3, 0.4) is 0 Å². The number of methoxy groups -OCH3 is 1. The van der Waals surface area contributed by atoms with E-state index < -0.39 is 5.41 Å². The summed E-state index contributed by atoms with van der Waals surface area (Å²) in [7, 11) is 1.36. The first-order valence-corrected chi connectivity index (χ1v) is 7.53. The molecule has 0 aliphatic heterocycles. The van der Waals surface area contributed by atoms with Crippen LogP contribution in [-0.4, -0.2) is 23.8 Å². The maximum absolute atomic E-state index is 12.6. The molecule has 1 unspecified atom stereocenters. The van der Waals surface area contributed by atoms with Gasteiger partial charge in [0, 0.05) is 30.3 Å². The zero-order chi connectivity index (χ0) is 16.9. The standard InChI is InChI=1S/C19H21NO3/c1-19(2,18(22)23-3)16(15-10-7-11-20-13-15)12-17(21)14-8-5-4-6-9-14/h4-11,13,16H,12H2,1-3H3. The summed E-state index contributed by atoms with van der Waals surface area (Å²) in [5.41, 5.74) is 0.664. The van der Waals surface area contributed by atoms with Crippen LogP contribution in [0.1, 0.15) is 42.1 Å². The summed E-state index contributed by atoms with van der Waals surface area (Å²) in [6.07, 6.45) is 3.59. The van der Waals surface area contributed by atoms with Gasteiger partial charge in [0.1, 0.15) is 0 Å². The molecular formula is C19H21NO3. The smallest absolute Gasteiger partial charge is 0.311 e. The molecule has 0 bridgehead atoms. The van der Waals surface area contributed by atoms with Crippen molar-refractivity contribution in [1.29, 1.82) is 0 Å². The first kappa shape index (κ1) is 16.9. The van der Waals surface area contributed by atoms with Crippen molar-refractivity contribution in [3.05, 3.63) is 66.0 Å². The van der Waals surface area contributed by atoms with E-state index in [9.17, 15) is 9.59 Å². The lowest BCUT2D eigenvalue weighted by Gasteiger charge is -2.31. The van der Waals surface area contributed by atoms with Crippen molar-refractivity contribution in [2.75, 3.05) is 7.11 Å². The van der Waals surface area contributed by atoms with Gasteiger partial charge in [-0.05, 0) is 25.5 Å². The number of ether oxygens (including phenoxy) is 1. The second-order valence-electron chi connectivity index (χ2n) is 6.05. The highest BCUT2D eigenvalue weighted by molar-refractivity contribution is 5.97. The van der Waals surface area contributed by atoms with Gasteiger partial charge < -0.3 is 4.74 Å². The van der Waals surface area contributed by atoms with Crippen LogP contribution in [0, 0.1) is 5.41 Å². The van der Waals surface area contributed by atoms with E-state index in [1.54, 1.807) is 38.4 Å². The van der Waals surface area contributed by atoms with Gasteiger partial charge in [-0.25, -0.2) is 0 Å². The van der Waals surface area contributed by atoms with Gasteiger partial charge in [-0.2, -0.15) is 0 Å². The van der Waals surface area contributed by atoms with Gasteiger partial charge >= 0.3 is 5.97 Å². The van der Waals surface area contributed by atoms with Crippen molar-refractivity contribution in [1.82, 2.24) is 4.98 Å². The van der Waals surface area contributed by atoms with Gasteiger partial charge in [-0.1, -0.05) is 36.4 Å². The summed E-state index contributed by atoms with van der Waals surface area (Å²) in [6, 6.07) is 12.8. The van der Waals surface area contributed by atoms with Crippen LogP contribution in [0.2, 0.25) is 0 Å². The molecule has 0 saturated heterocycles. The quantitative estimate of drug-likeness (QED) is 0.604. The Hall–Kier alpha value is -2.49. The Balaban J connectivity index is 2.35. The van der Waals surface area contributed by atoms with Crippen molar-refractivity contribution in [3.63, 3.8) is 0 Å². The third-order valence-corrected chi connectivity index (χ3v) is 4.15. The van der Waals surface area contributed by atoms with Crippen LogP contribution < -0.4 is 0 Å². The summed E-state index contributed by atoms with van der Waals surface area (Å²) in [5.74, 6) is -0.653. The fraction of sp³-hybridized carbons (Fsp3) is 0.316. The number of carbonyl (C=O) groups excluding carboxylic acids is 2. The zero-order valence-electron chi connectivity index (χ0n) is 13.7. The van der Waals surface area contributed by atoms with Crippen LogP contribution in [0.25, 0.3) is 0 Å². The highest BCUT2D eigenvalue weighted by Crippen LogP contribution is 2.39. The number of hydrogen-bond acceptors (Lipinski definition) is 4. The molecule has 0 spiro atoms. The molecule has 4 nitrogen and oxygen atoms in total. The van der Waals surface area contributed by atoms with E-state index in [0.717, 1.165) is 5.56 Å². The molecule has 1 atom stereocenters. The summed E-state index contributed by atoms with van der Waals surface area (Å²) < 4.78 is 4.93. The molecule has 1 heterocycles. The fourth-order valence-corrected chi connectivity index (χ4v) is 2.70. The fourth-order valence-electron chi connectivity index (χ4n) is 2.70. The SMILES string of the molecule is COC(=O)C(C)(C)C(CC(=O)c1ccccc1)c1cccnc1. The Morgan fingerprint density at radius 2 is 1.83 bits per heavy atom. The number of ketones is 1. The van der Waals surface area contributed by atoms with Gasteiger partial charge in [0.15, 0.2) is 5.78 Å². The van der Waals surface area contributed by atoms with E-state index in [0.29, 0.717) is 5.56 Å². The van der Waals surface area contributed by atoms with Crippen molar-refractivity contribution >= 4 is 11.8 Å². The minimum absolute atomic E-state index is 0.00330. The molecule has 23 heavy (non-hydrogen) atoms. The number of Topliss-reactive ketones (excluding diaryl/α,β-unsaturated/α-hetero) is 1. The van der Waals surface area contributed by atoms with Crippen molar-refractivity contribution < 1.29 is 14.3 Å². The molecule has 0 N–H and O–H groups in total. The van der Waals surface area contributed by atoms with Gasteiger partial charge in [0.2, 0.25) is 0 Å². The number of hydrogen-bond donors (Lipinski definition) is 0. The third kappa shape index (κ3) is 3.83. The molecule has 4 heteroatoms. The normalized spacial score (nSPS) is 12.5. The molecule has 120 valence electrons. The van der Waals surface area contributed by atoms with Gasteiger partial charge in [0.25, 0.3) is 0 Å². The molecule has 0 saturated carbocycles. The summed E-state index contributed by atoms with van der Waals surface area (Å²) in [5, 5.41) is 0. The van der Waals surface area contributed by atoms with Gasteiger partial charge in [-0.3, -0.25) is 14.6 Å². The van der Waals surface area contributed by atoms with E-state index in [1.807, 2.05) is 30.3 Å².